The maximum Gasteiger partial charge on any atom is 0.234 e. The largest absolute Gasteiger partial charge is 0.467 e. The van der Waals surface area contributed by atoms with Gasteiger partial charge in [-0.25, -0.2) is 0 Å². The van der Waals surface area contributed by atoms with Crippen LogP contribution in [0.1, 0.15) is 5.76 Å². The number of rotatable bonds is 8. The molecule has 1 N–H and O–H groups in total. The predicted octanol–water partition coefficient (Wildman–Crippen LogP) is 6.64. The Hall–Kier alpha value is -3.81. The van der Waals surface area contributed by atoms with E-state index in [1.807, 2.05) is 95.6 Å². The van der Waals surface area contributed by atoms with E-state index in [0.29, 0.717) is 22.5 Å². The van der Waals surface area contributed by atoms with Crippen molar-refractivity contribution in [3.05, 3.63) is 108 Å². The van der Waals surface area contributed by atoms with Gasteiger partial charge >= 0.3 is 0 Å². The van der Waals surface area contributed by atoms with Gasteiger partial charge in [0, 0.05) is 21.8 Å². The van der Waals surface area contributed by atoms with Gasteiger partial charge in [0.05, 0.1) is 18.6 Å². The zero-order valence-electron chi connectivity index (χ0n) is 18.6. The second-order valence-corrected chi connectivity index (χ2v) is 9.11. The van der Waals surface area contributed by atoms with Crippen LogP contribution in [-0.2, 0) is 11.3 Å². The van der Waals surface area contributed by atoms with Gasteiger partial charge in [-0.2, -0.15) is 0 Å². The van der Waals surface area contributed by atoms with Crippen molar-refractivity contribution < 1.29 is 9.21 Å². The molecule has 0 aliphatic carbocycles. The van der Waals surface area contributed by atoms with Gasteiger partial charge in [-0.05, 0) is 48.0 Å². The minimum atomic E-state index is -0.126. The molecule has 0 unspecified atom stereocenters. The monoisotopic (exact) mass is 500 g/mol. The molecule has 6 nitrogen and oxygen atoms in total. The second-order valence-electron chi connectivity index (χ2n) is 7.73. The molecular weight excluding hydrogens is 480 g/mol. The Morgan fingerprint density at radius 1 is 0.886 bits per heavy atom. The van der Waals surface area contributed by atoms with Gasteiger partial charge in [0.25, 0.3) is 0 Å². The van der Waals surface area contributed by atoms with Crippen molar-refractivity contribution in [3.8, 4) is 22.5 Å². The summed E-state index contributed by atoms with van der Waals surface area (Å²) in [6.45, 7) is 0.443. The third kappa shape index (κ3) is 5.48. The van der Waals surface area contributed by atoms with Crippen LogP contribution in [0.4, 0.5) is 5.69 Å². The first-order chi connectivity index (χ1) is 17.2. The van der Waals surface area contributed by atoms with Gasteiger partial charge in [-0.1, -0.05) is 71.9 Å². The van der Waals surface area contributed by atoms with Gasteiger partial charge in [0.2, 0.25) is 5.91 Å². The number of anilines is 1. The standard InChI is InChI=1S/C27H21ClN4O2S/c28-21-14-12-20(13-15-21)26-30-31-27(32(26)17-22-9-6-16-34-22)35-18-25(33)29-24-11-5-4-10-23(24)19-7-2-1-3-8-19/h1-16H,17-18H2,(H,29,33). The van der Waals surface area contributed by atoms with Crippen molar-refractivity contribution in [2.45, 2.75) is 11.7 Å². The smallest absolute Gasteiger partial charge is 0.234 e. The molecule has 0 saturated heterocycles. The molecule has 0 saturated carbocycles. The lowest BCUT2D eigenvalue weighted by Crippen LogP contribution is -2.15. The molecule has 0 bridgehead atoms. The zero-order valence-corrected chi connectivity index (χ0v) is 20.2. The number of halogens is 1. The van der Waals surface area contributed by atoms with Crippen LogP contribution in [-0.4, -0.2) is 26.4 Å². The highest BCUT2D eigenvalue weighted by Crippen LogP contribution is 2.29. The minimum Gasteiger partial charge on any atom is -0.467 e. The van der Waals surface area contributed by atoms with Crippen LogP contribution < -0.4 is 5.32 Å². The number of benzene rings is 3. The summed E-state index contributed by atoms with van der Waals surface area (Å²) in [5, 5.41) is 13.1. The molecule has 0 radical (unpaired) electrons. The lowest BCUT2D eigenvalue weighted by Gasteiger charge is -2.12. The fourth-order valence-corrected chi connectivity index (χ4v) is 4.55. The van der Waals surface area contributed by atoms with Crippen LogP contribution in [0.5, 0.6) is 0 Å². The SMILES string of the molecule is O=C(CSc1nnc(-c2ccc(Cl)cc2)n1Cc1ccco1)Nc1ccccc1-c1ccccc1. The van der Waals surface area contributed by atoms with Gasteiger partial charge in [0.15, 0.2) is 11.0 Å². The molecule has 174 valence electrons. The molecule has 8 heteroatoms. The number of amides is 1. The van der Waals surface area contributed by atoms with E-state index in [1.165, 1.54) is 11.8 Å². The van der Waals surface area contributed by atoms with E-state index < -0.39 is 0 Å². The number of carbonyl (C=O) groups is 1. The second kappa shape index (κ2) is 10.6. The number of hydrogen-bond acceptors (Lipinski definition) is 5. The fraction of sp³-hybridized carbons (Fsp3) is 0.0741. The molecule has 1 amide bonds. The van der Waals surface area contributed by atoms with Crippen LogP contribution in [0.2, 0.25) is 5.02 Å². The van der Waals surface area contributed by atoms with Gasteiger partial charge in [-0.3, -0.25) is 9.36 Å². The molecule has 3 aromatic carbocycles. The van der Waals surface area contributed by atoms with Crippen LogP contribution in [0, 0.1) is 0 Å². The third-order valence-corrected chi connectivity index (χ3v) is 6.55. The average Bonchev–Trinajstić information content (AvgIpc) is 3.55. The zero-order chi connectivity index (χ0) is 24.0. The maximum absolute atomic E-state index is 12.9. The molecule has 2 aromatic heterocycles. The average molecular weight is 501 g/mol. The van der Waals surface area contributed by atoms with Crippen molar-refractivity contribution in [2.24, 2.45) is 0 Å². The fourth-order valence-electron chi connectivity index (χ4n) is 3.69. The lowest BCUT2D eigenvalue weighted by atomic mass is 10.0. The van der Waals surface area contributed by atoms with E-state index in [4.69, 9.17) is 16.0 Å². The molecule has 0 aliphatic rings. The Kier molecular flexibility index (Phi) is 6.97. The van der Waals surface area contributed by atoms with Crippen molar-refractivity contribution in [1.82, 2.24) is 14.8 Å². The van der Waals surface area contributed by atoms with E-state index in [-0.39, 0.29) is 11.7 Å². The summed E-state index contributed by atoms with van der Waals surface area (Å²) < 4.78 is 7.49. The Balaban J connectivity index is 1.34. The topological polar surface area (TPSA) is 73.0 Å². The molecule has 2 heterocycles. The van der Waals surface area contributed by atoms with Gasteiger partial charge in [0.1, 0.15) is 5.76 Å². The van der Waals surface area contributed by atoms with Crippen LogP contribution in [0.3, 0.4) is 0 Å². The molecule has 0 aliphatic heterocycles. The number of para-hydroxylation sites is 1. The van der Waals surface area contributed by atoms with E-state index in [9.17, 15) is 4.79 Å². The first kappa shape index (κ1) is 23.0. The normalized spacial score (nSPS) is 10.9. The molecule has 0 fully saturated rings. The summed E-state index contributed by atoms with van der Waals surface area (Å²) in [7, 11) is 0. The first-order valence-electron chi connectivity index (χ1n) is 11.0. The molecule has 35 heavy (non-hydrogen) atoms. The summed E-state index contributed by atoms with van der Waals surface area (Å²) >= 11 is 7.38. The van der Waals surface area contributed by atoms with E-state index in [2.05, 4.69) is 15.5 Å². The molecular formula is C27H21ClN4O2S. The lowest BCUT2D eigenvalue weighted by molar-refractivity contribution is -0.113. The molecule has 0 spiro atoms. The summed E-state index contributed by atoms with van der Waals surface area (Å²) in [6, 6.07) is 28.9. The molecule has 0 atom stereocenters. The van der Waals surface area contributed by atoms with Crippen LogP contribution in [0.25, 0.3) is 22.5 Å². The maximum atomic E-state index is 12.9. The molecule has 5 rings (SSSR count). The highest BCUT2D eigenvalue weighted by molar-refractivity contribution is 7.99. The van der Waals surface area contributed by atoms with E-state index in [0.717, 1.165) is 28.1 Å². The summed E-state index contributed by atoms with van der Waals surface area (Å²) in [4.78, 5) is 12.9. The Morgan fingerprint density at radius 2 is 1.66 bits per heavy atom. The Morgan fingerprint density at radius 3 is 2.43 bits per heavy atom. The van der Waals surface area contributed by atoms with E-state index in [1.54, 1.807) is 6.26 Å². The number of carbonyl (C=O) groups excluding carboxylic acids is 1. The number of hydrogen-bond donors (Lipinski definition) is 1. The highest BCUT2D eigenvalue weighted by Gasteiger charge is 2.17. The van der Waals surface area contributed by atoms with Crippen molar-refractivity contribution in [1.29, 1.82) is 0 Å². The summed E-state index contributed by atoms with van der Waals surface area (Å²) in [5.41, 5.74) is 3.66. The van der Waals surface area contributed by atoms with Crippen LogP contribution >= 0.6 is 23.4 Å². The number of aromatic nitrogens is 3. The summed E-state index contributed by atoms with van der Waals surface area (Å²) in [5.74, 6) is 1.50. The van der Waals surface area contributed by atoms with Crippen LogP contribution in [0.15, 0.2) is 107 Å². The quantitative estimate of drug-likeness (QED) is 0.242. The number of nitrogens with one attached hydrogen (secondary N) is 1. The molecule has 5 aromatic rings. The number of furan rings is 1. The van der Waals surface area contributed by atoms with Gasteiger partial charge < -0.3 is 9.73 Å². The third-order valence-electron chi connectivity index (χ3n) is 5.33. The Labute approximate surface area is 212 Å². The minimum absolute atomic E-state index is 0.126. The first-order valence-corrected chi connectivity index (χ1v) is 12.3. The number of nitrogens with zero attached hydrogens (tertiary/aromatic N) is 3. The van der Waals surface area contributed by atoms with Crippen molar-refractivity contribution in [3.63, 3.8) is 0 Å². The van der Waals surface area contributed by atoms with Crippen molar-refractivity contribution >= 4 is 35.0 Å². The predicted molar refractivity (Wildman–Crippen MR) is 140 cm³/mol. The Bertz CT molecular complexity index is 1420. The summed E-state index contributed by atoms with van der Waals surface area (Å²) in [6.07, 6.45) is 1.63. The number of thioether (sulfide) groups is 1. The van der Waals surface area contributed by atoms with E-state index >= 15 is 0 Å². The van der Waals surface area contributed by atoms with Gasteiger partial charge in [-0.15, -0.1) is 10.2 Å². The highest BCUT2D eigenvalue weighted by atomic mass is 35.5. The van der Waals surface area contributed by atoms with Crippen molar-refractivity contribution in [2.75, 3.05) is 11.1 Å².